The van der Waals surface area contributed by atoms with Crippen molar-refractivity contribution in [3.8, 4) is 0 Å². The van der Waals surface area contributed by atoms with Crippen LogP contribution in [0.5, 0.6) is 0 Å². The summed E-state index contributed by atoms with van der Waals surface area (Å²) < 4.78 is 0. The van der Waals surface area contributed by atoms with Crippen LogP contribution < -0.4 is 5.48 Å². The molecule has 0 unspecified atom stereocenters. The van der Waals surface area contributed by atoms with Gasteiger partial charge >= 0.3 is 0 Å². The number of hydrogen-bond acceptors (Lipinski definition) is 2. The van der Waals surface area contributed by atoms with Gasteiger partial charge in [0.15, 0.2) is 0 Å². The van der Waals surface area contributed by atoms with Gasteiger partial charge in [0.25, 0.3) is 5.91 Å². The van der Waals surface area contributed by atoms with E-state index in [1.165, 1.54) is 0 Å². The van der Waals surface area contributed by atoms with Crippen LogP contribution in [-0.4, -0.2) is 11.1 Å². The van der Waals surface area contributed by atoms with Crippen LogP contribution in [-0.2, 0) is 18.6 Å². The first kappa shape index (κ1) is 10.2. The molecule has 0 heterocycles. The predicted octanol–water partition coefficient (Wildman–Crippen LogP) is 0.803. The van der Waals surface area contributed by atoms with Gasteiger partial charge in [-0.1, -0.05) is 18.2 Å². The van der Waals surface area contributed by atoms with Gasteiger partial charge in [0.1, 0.15) is 0 Å². The summed E-state index contributed by atoms with van der Waals surface area (Å²) in [6.07, 6.45) is 0. The van der Waals surface area contributed by atoms with Crippen LogP contribution in [0.4, 0.5) is 0 Å². The third-order valence-electron chi connectivity index (χ3n) is 1.14. The molecule has 0 aliphatic rings. The van der Waals surface area contributed by atoms with Crippen LogP contribution in [0.1, 0.15) is 10.4 Å². The number of benzene rings is 1. The molecule has 0 atom stereocenters. The number of amides is 1. The van der Waals surface area contributed by atoms with Crippen molar-refractivity contribution in [2.24, 2.45) is 0 Å². The third kappa shape index (κ3) is 2.76. The van der Waals surface area contributed by atoms with Gasteiger partial charge in [-0.05, 0) is 12.1 Å². The van der Waals surface area contributed by atoms with Crippen molar-refractivity contribution in [2.45, 2.75) is 0 Å². The van der Waals surface area contributed by atoms with Gasteiger partial charge in [-0.15, -0.1) is 0 Å². The average molecular weight is 188 g/mol. The Labute approximate surface area is 76.3 Å². The fourth-order valence-corrected chi connectivity index (χ4v) is 0.654. The molecule has 0 saturated heterocycles. The quantitative estimate of drug-likeness (QED) is 0.506. The van der Waals surface area contributed by atoms with E-state index in [9.17, 15) is 4.79 Å². The van der Waals surface area contributed by atoms with E-state index in [4.69, 9.17) is 5.21 Å². The van der Waals surface area contributed by atoms with Crippen molar-refractivity contribution < 1.29 is 28.6 Å². The van der Waals surface area contributed by atoms with Gasteiger partial charge in [0.2, 0.25) is 0 Å². The van der Waals surface area contributed by atoms with Crippen molar-refractivity contribution in [2.75, 3.05) is 0 Å². The number of carbonyl (C=O) groups is 1. The first-order chi connectivity index (χ1) is 4.84. The van der Waals surface area contributed by atoms with Crippen LogP contribution in [0.25, 0.3) is 0 Å². The number of carbonyl (C=O) groups excluding carboxylic acids is 1. The van der Waals surface area contributed by atoms with Gasteiger partial charge in [0, 0.05) is 24.1 Å². The van der Waals surface area contributed by atoms with Crippen LogP contribution >= 0.6 is 0 Å². The molecule has 1 radical (unpaired) electrons. The summed E-state index contributed by atoms with van der Waals surface area (Å²) in [6.45, 7) is 0. The Morgan fingerprint density at radius 1 is 1.27 bits per heavy atom. The van der Waals surface area contributed by atoms with Gasteiger partial charge in [-0.2, -0.15) is 0 Å². The number of hydrogen-bond donors (Lipinski definition) is 2. The Morgan fingerprint density at radius 3 is 2.27 bits per heavy atom. The molecule has 0 saturated carbocycles. The Hall–Kier alpha value is -0.766. The van der Waals surface area contributed by atoms with Crippen LogP contribution in [0.2, 0.25) is 0 Å². The molecular weight excluding hydrogens is 181 g/mol. The first-order valence-electron chi connectivity index (χ1n) is 2.84. The van der Waals surface area contributed by atoms with E-state index >= 15 is 0 Å². The van der Waals surface area contributed by atoms with E-state index < -0.39 is 5.91 Å². The molecule has 1 aromatic rings. The molecule has 4 heteroatoms. The molecule has 11 heavy (non-hydrogen) atoms. The Kier molecular flexibility index (Phi) is 4.62. The predicted molar refractivity (Wildman–Crippen MR) is 35.7 cm³/mol. The van der Waals surface area contributed by atoms with Gasteiger partial charge in [-0.25, -0.2) is 5.48 Å². The molecule has 1 rings (SSSR count). The number of rotatable bonds is 1. The van der Waals surface area contributed by atoms with E-state index in [1.54, 1.807) is 35.8 Å². The van der Waals surface area contributed by atoms with E-state index in [1.807, 2.05) is 0 Å². The smallest absolute Gasteiger partial charge is 0.274 e. The average Bonchev–Trinajstić information content (AvgIpc) is 2.05. The van der Waals surface area contributed by atoms with Crippen LogP contribution in [0.15, 0.2) is 30.3 Å². The molecule has 2 N–H and O–H groups in total. The van der Waals surface area contributed by atoms with Gasteiger partial charge in [-0.3, -0.25) is 10.0 Å². The maximum Gasteiger partial charge on any atom is 0.274 e. The van der Waals surface area contributed by atoms with Crippen molar-refractivity contribution in [3.63, 3.8) is 0 Å². The molecule has 3 nitrogen and oxygen atoms in total. The van der Waals surface area contributed by atoms with Crippen LogP contribution in [0, 0.1) is 0 Å². The molecule has 0 aliphatic heterocycles. The van der Waals surface area contributed by atoms with E-state index in [0.29, 0.717) is 5.56 Å². The second-order valence-electron chi connectivity index (χ2n) is 1.81. The molecule has 1 amide bonds. The Morgan fingerprint density at radius 2 is 1.82 bits per heavy atom. The Balaban J connectivity index is 0.000001000. The minimum absolute atomic E-state index is 0. The maximum absolute atomic E-state index is 10.7. The zero-order valence-electron chi connectivity index (χ0n) is 5.69. The summed E-state index contributed by atoms with van der Waals surface area (Å²) >= 11 is 0. The van der Waals surface area contributed by atoms with Crippen molar-refractivity contribution in [1.29, 1.82) is 0 Å². The zero-order valence-corrected chi connectivity index (χ0v) is 7.09. The third-order valence-corrected chi connectivity index (χ3v) is 1.14. The fourth-order valence-electron chi connectivity index (χ4n) is 0.654. The summed E-state index contributed by atoms with van der Waals surface area (Å²) in [7, 11) is 0. The van der Waals surface area contributed by atoms with Crippen molar-refractivity contribution >= 4 is 5.91 Å². The molecular formula is C7H7NO2V. The molecule has 0 aromatic heterocycles. The van der Waals surface area contributed by atoms with Crippen molar-refractivity contribution in [1.82, 2.24) is 5.48 Å². The maximum atomic E-state index is 10.7. The Bertz CT molecular complexity index is 225. The second kappa shape index (κ2) is 4.96. The van der Waals surface area contributed by atoms with E-state index in [2.05, 4.69) is 0 Å². The summed E-state index contributed by atoms with van der Waals surface area (Å²) in [4.78, 5) is 10.7. The molecule has 0 spiro atoms. The standard InChI is InChI=1S/C7H7NO2.V/c9-7(8-10)6-4-2-1-3-5-6;/h1-5,10H,(H,8,9);. The monoisotopic (exact) mass is 188 g/mol. The molecule has 1 aromatic carbocycles. The van der Waals surface area contributed by atoms with Crippen LogP contribution in [0.3, 0.4) is 0 Å². The summed E-state index contributed by atoms with van der Waals surface area (Å²) in [5.74, 6) is -0.486. The largest absolute Gasteiger partial charge is 0.288 e. The molecule has 0 bridgehead atoms. The molecule has 0 fully saturated rings. The van der Waals surface area contributed by atoms with Crippen molar-refractivity contribution in [3.05, 3.63) is 35.9 Å². The summed E-state index contributed by atoms with van der Waals surface area (Å²) in [5, 5.41) is 8.19. The summed E-state index contributed by atoms with van der Waals surface area (Å²) in [6, 6.07) is 8.49. The SMILES string of the molecule is O=C(NO)c1ccccc1.[V]. The second-order valence-corrected chi connectivity index (χ2v) is 1.81. The first-order valence-corrected chi connectivity index (χ1v) is 2.84. The fraction of sp³-hybridized carbons (Fsp3) is 0. The van der Waals surface area contributed by atoms with E-state index in [0.717, 1.165) is 0 Å². The summed E-state index contributed by atoms with van der Waals surface area (Å²) in [5.41, 5.74) is 1.99. The van der Waals surface area contributed by atoms with Gasteiger partial charge in [0.05, 0.1) is 0 Å². The van der Waals surface area contributed by atoms with E-state index in [-0.39, 0.29) is 18.6 Å². The molecule has 57 valence electrons. The minimum atomic E-state index is -0.486. The zero-order chi connectivity index (χ0) is 7.40. The minimum Gasteiger partial charge on any atom is -0.288 e. The number of nitrogens with one attached hydrogen (secondary N) is 1. The van der Waals surface area contributed by atoms with Gasteiger partial charge < -0.3 is 0 Å². The normalized spacial score (nSPS) is 8.09. The molecule has 0 aliphatic carbocycles. The number of hydroxylamine groups is 1. The topological polar surface area (TPSA) is 49.3 Å².